The molecule has 6 heteroatoms. The SMILES string of the molecule is CSC(=O)[C@@H](N)CNC(=O)CCc1cccnc1. The van der Waals surface area contributed by atoms with Crippen LogP contribution in [0.2, 0.25) is 0 Å². The normalized spacial score (nSPS) is 11.9. The fourth-order valence-electron chi connectivity index (χ4n) is 1.35. The van der Waals surface area contributed by atoms with E-state index in [9.17, 15) is 9.59 Å². The maximum Gasteiger partial charge on any atom is 0.220 e. The Hall–Kier alpha value is -1.40. The van der Waals surface area contributed by atoms with Crippen LogP contribution in [0.5, 0.6) is 0 Å². The number of amides is 1. The van der Waals surface area contributed by atoms with Crippen LogP contribution in [0.25, 0.3) is 0 Å². The number of aryl methyl sites for hydroxylation is 1. The third kappa shape index (κ3) is 5.29. The number of thioether (sulfide) groups is 1. The van der Waals surface area contributed by atoms with Gasteiger partial charge in [-0.05, 0) is 24.3 Å². The minimum atomic E-state index is -0.637. The number of nitrogens with one attached hydrogen (secondary N) is 1. The highest BCUT2D eigenvalue weighted by Crippen LogP contribution is 2.01. The van der Waals surface area contributed by atoms with E-state index in [-0.39, 0.29) is 17.6 Å². The summed E-state index contributed by atoms with van der Waals surface area (Å²) < 4.78 is 0. The molecule has 3 N–H and O–H groups in total. The van der Waals surface area contributed by atoms with Gasteiger partial charge in [0.1, 0.15) is 0 Å². The number of carbonyl (C=O) groups excluding carboxylic acids is 2. The number of hydrogen-bond donors (Lipinski definition) is 2. The molecular weight excluding hydrogens is 250 g/mol. The fourth-order valence-corrected chi connectivity index (χ4v) is 1.74. The maximum absolute atomic E-state index is 11.5. The quantitative estimate of drug-likeness (QED) is 0.776. The van der Waals surface area contributed by atoms with Crippen molar-refractivity contribution < 1.29 is 9.59 Å². The Balaban J connectivity index is 2.24. The molecule has 98 valence electrons. The largest absolute Gasteiger partial charge is 0.354 e. The van der Waals surface area contributed by atoms with E-state index in [2.05, 4.69) is 10.3 Å². The molecule has 1 heterocycles. The Morgan fingerprint density at radius 3 is 2.94 bits per heavy atom. The van der Waals surface area contributed by atoms with E-state index in [1.165, 1.54) is 0 Å². The summed E-state index contributed by atoms with van der Waals surface area (Å²) in [5.41, 5.74) is 6.60. The van der Waals surface area contributed by atoms with Crippen LogP contribution in [0.15, 0.2) is 24.5 Å². The number of carbonyl (C=O) groups is 2. The van der Waals surface area contributed by atoms with Gasteiger partial charge in [0.25, 0.3) is 0 Å². The zero-order valence-corrected chi connectivity index (χ0v) is 11.1. The summed E-state index contributed by atoms with van der Waals surface area (Å²) >= 11 is 1.07. The summed E-state index contributed by atoms with van der Waals surface area (Å²) in [5, 5.41) is 2.53. The third-order valence-corrected chi connectivity index (χ3v) is 3.09. The lowest BCUT2D eigenvalue weighted by atomic mass is 10.1. The first-order valence-electron chi connectivity index (χ1n) is 5.62. The molecule has 5 nitrogen and oxygen atoms in total. The summed E-state index contributed by atoms with van der Waals surface area (Å²) in [7, 11) is 0. The van der Waals surface area contributed by atoms with Gasteiger partial charge < -0.3 is 11.1 Å². The minimum absolute atomic E-state index is 0.108. The van der Waals surface area contributed by atoms with Crippen LogP contribution in [0.1, 0.15) is 12.0 Å². The van der Waals surface area contributed by atoms with Crippen LogP contribution >= 0.6 is 11.8 Å². The van der Waals surface area contributed by atoms with Crippen LogP contribution in [0.3, 0.4) is 0 Å². The molecule has 0 aliphatic rings. The van der Waals surface area contributed by atoms with Crippen molar-refractivity contribution >= 4 is 22.8 Å². The van der Waals surface area contributed by atoms with Crippen molar-refractivity contribution in [2.24, 2.45) is 5.73 Å². The molecule has 0 saturated heterocycles. The van der Waals surface area contributed by atoms with Crippen LogP contribution in [0, 0.1) is 0 Å². The smallest absolute Gasteiger partial charge is 0.220 e. The lowest BCUT2D eigenvalue weighted by Crippen LogP contribution is -2.41. The Bertz CT molecular complexity index is 398. The summed E-state index contributed by atoms with van der Waals surface area (Å²) in [5.74, 6) is -0.108. The van der Waals surface area contributed by atoms with Crippen LogP contribution in [-0.2, 0) is 16.0 Å². The van der Waals surface area contributed by atoms with Gasteiger partial charge in [0.15, 0.2) is 0 Å². The van der Waals surface area contributed by atoms with Crippen molar-refractivity contribution in [3.05, 3.63) is 30.1 Å². The van der Waals surface area contributed by atoms with Gasteiger partial charge >= 0.3 is 0 Å². The molecule has 0 radical (unpaired) electrons. The average Bonchev–Trinajstić information content (AvgIpc) is 2.42. The summed E-state index contributed by atoms with van der Waals surface area (Å²) in [6, 6.07) is 3.12. The zero-order valence-electron chi connectivity index (χ0n) is 10.3. The second-order valence-corrected chi connectivity index (χ2v) is 4.61. The van der Waals surface area contributed by atoms with E-state index in [0.29, 0.717) is 12.8 Å². The molecule has 1 rings (SSSR count). The van der Waals surface area contributed by atoms with Crippen molar-refractivity contribution in [3.63, 3.8) is 0 Å². The molecule has 0 saturated carbocycles. The van der Waals surface area contributed by atoms with Gasteiger partial charge in [-0.3, -0.25) is 14.6 Å². The molecule has 1 atom stereocenters. The minimum Gasteiger partial charge on any atom is -0.354 e. The number of rotatable bonds is 6. The predicted octanol–water partition coefficient (Wildman–Crippen LogP) is 0.347. The highest BCUT2D eigenvalue weighted by Gasteiger charge is 2.12. The average molecular weight is 267 g/mol. The van der Waals surface area contributed by atoms with E-state index in [0.717, 1.165) is 17.3 Å². The first kappa shape index (κ1) is 14.7. The Labute approximate surface area is 111 Å². The molecule has 0 spiro atoms. The third-order valence-electron chi connectivity index (χ3n) is 2.39. The van der Waals surface area contributed by atoms with Crippen molar-refractivity contribution in [2.45, 2.75) is 18.9 Å². The summed E-state index contributed by atoms with van der Waals surface area (Å²) in [6.07, 6.45) is 6.09. The molecule has 1 amide bonds. The summed E-state index contributed by atoms with van der Waals surface area (Å²) in [6.45, 7) is 0.186. The molecule has 0 fully saturated rings. The standard InChI is InChI=1S/C12H17N3O2S/c1-18-12(17)10(13)8-15-11(16)5-4-9-3-2-6-14-7-9/h2-3,6-7,10H,4-5,8,13H2,1H3,(H,15,16)/t10-/m0/s1. The van der Waals surface area contributed by atoms with Gasteiger partial charge in [-0.1, -0.05) is 17.8 Å². The zero-order chi connectivity index (χ0) is 13.4. The first-order chi connectivity index (χ1) is 8.63. The van der Waals surface area contributed by atoms with Crippen LogP contribution < -0.4 is 11.1 Å². The van der Waals surface area contributed by atoms with E-state index in [1.807, 2.05) is 12.1 Å². The number of hydrogen-bond acceptors (Lipinski definition) is 5. The van der Waals surface area contributed by atoms with Crippen molar-refractivity contribution in [1.82, 2.24) is 10.3 Å². The molecular formula is C12H17N3O2S. The highest BCUT2D eigenvalue weighted by atomic mass is 32.2. The lowest BCUT2D eigenvalue weighted by molar-refractivity contribution is -0.121. The first-order valence-corrected chi connectivity index (χ1v) is 6.85. The molecule has 1 aromatic heterocycles. The molecule has 18 heavy (non-hydrogen) atoms. The van der Waals surface area contributed by atoms with Gasteiger partial charge in [-0.2, -0.15) is 0 Å². The van der Waals surface area contributed by atoms with Crippen molar-refractivity contribution in [1.29, 1.82) is 0 Å². The van der Waals surface area contributed by atoms with Crippen molar-refractivity contribution in [2.75, 3.05) is 12.8 Å². The van der Waals surface area contributed by atoms with Gasteiger partial charge in [-0.25, -0.2) is 0 Å². The topological polar surface area (TPSA) is 85.1 Å². The number of nitrogens with zero attached hydrogens (tertiary/aromatic N) is 1. The maximum atomic E-state index is 11.5. The Kier molecular flexibility index (Phi) is 6.38. The molecule has 0 aliphatic carbocycles. The molecule has 0 aromatic carbocycles. The Morgan fingerprint density at radius 2 is 2.33 bits per heavy atom. The van der Waals surface area contributed by atoms with Crippen LogP contribution in [0.4, 0.5) is 0 Å². The molecule has 0 unspecified atom stereocenters. The molecule has 1 aromatic rings. The van der Waals surface area contributed by atoms with Gasteiger partial charge in [0.05, 0.1) is 6.04 Å². The lowest BCUT2D eigenvalue weighted by Gasteiger charge is -2.10. The Morgan fingerprint density at radius 1 is 1.56 bits per heavy atom. The highest BCUT2D eigenvalue weighted by molar-refractivity contribution is 8.13. The van der Waals surface area contributed by atoms with E-state index in [4.69, 9.17) is 5.73 Å². The summed E-state index contributed by atoms with van der Waals surface area (Å²) in [4.78, 5) is 26.7. The fraction of sp³-hybridized carbons (Fsp3) is 0.417. The van der Waals surface area contributed by atoms with Crippen LogP contribution in [-0.4, -0.2) is 34.8 Å². The molecule has 0 aliphatic heterocycles. The number of pyridine rings is 1. The van der Waals surface area contributed by atoms with Gasteiger partial charge in [0.2, 0.25) is 11.0 Å². The predicted molar refractivity (Wildman–Crippen MR) is 72.1 cm³/mol. The second-order valence-electron chi connectivity index (χ2n) is 3.80. The number of nitrogens with two attached hydrogens (primary N) is 1. The molecule has 0 bridgehead atoms. The monoisotopic (exact) mass is 267 g/mol. The van der Waals surface area contributed by atoms with Gasteiger partial charge in [-0.15, -0.1) is 0 Å². The van der Waals surface area contributed by atoms with Gasteiger partial charge in [0, 0.05) is 25.4 Å². The van der Waals surface area contributed by atoms with E-state index < -0.39 is 6.04 Å². The van der Waals surface area contributed by atoms with E-state index >= 15 is 0 Å². The van der Waals surface area contributed by atoms with E-state index in [1.54, 1.807) is 18.6 Å². The van der Waals surface area contributed by atoms with Crippen molar-refractivity contribution in [3.8, 4) is 0 Å². The second kappa shape index (κ2) is 7.84. The number of aromatic nitrogens is 1.